The third-order valence-electron chi connectivity index (χ3n) is 2.89. The van der Waals surface area contributed by atoms with Crippen LogP contribution in [0.3, 0.4) is 0 Å². The number of aliphatic hydroxyl groups is 1. The molecule has 0 aliphatic heterocycles. The fourth-order valence-electron chi connectivity index (χ4n) is 1.56. The molecule has 1 rings (SSSR count). The van der Waals surface area contributed by atoms with Gasteiger partial charge in [0.25, 0.3) is 0 Å². The zero-order chi connectivity index (χ0) is 15.1. The molecule has 1 aromatic carbocycles. The van der Waals surface area contributed by atoms with Gasteiger partial charge in [0.1, 0.15) is 0 Å². The van der Waals surface area contributed by atoms with E-state index in [1.807, 2.05) is 0 Å². The summed E-state index contributed by atoms with van der Waals surface area (Å²) in [6, 6.07) is 5.18. The van der Waals surface area contributed by atoms with Gasteiger partial charge in [-0.05, 0) is 30.5 Å². The van der Waals surface area contributed by atoms with E-state index in [4.69, 9.17) is 22.3 Å². The Bertz CT molecular complexity index is 461. The molecule has 0 heterocycles. The van der Waals surface area contributed by atoms with Gasteiger partial charge in [-0.2, -0.15) is 0 Å². The molecule has 0 aliphatic rings. The first-order valence-corrected chi connectivity index (χ1v) is 6.25. The molecule has 2 atom stereocenters. The van der Waals surface area contributed by atoms with Crippen LogP contribution >= 0.6 is 0 Å². The van der Waals surface area contributed by atoms with Gasteiger partial charge in [-0.25, -0.2) is 0 Å². The zero-order valence-electron chi connectivity index (χ0n) is 11.1. The van der Waals surface area contributed by atoms with Crippen LogP contribution in [0.2, 0.25) is 0 Å². The van der Waals surface area contributed by atoms with Gasteiger partial charge in [-0.1, -0.05) is 12.1 Å². The second kappa shape index (κ2) is 7.59. The van der Waals surface area contributed by atoms with Gasteiger partial charge in [-0.3, -0.25) is 9.59 Å². The van der Waals surface area contributed by atoms with E-state index < -0.39 is 18.0 Å². The molecule has 2 amide bonds. The molecule has 0 radical (unpaired) electrons. The average Bonchev–Trinajstić information content (AvgIpc) is 2.44. The molecule has 1 unspecified atom stereocenters. The maximum atomic E-state index is 11.8. The largest absolute Gasteiger partial charge is 0.392 e. The number of nitrogens with one attached hydrogen (secondary N) is 1. The first-order chi connectivity index (χ1) is 9.43. The van der Waals surface area contributed by atoms with Gasteiger partial charge < -0.3 is 27.6 Å². The van der Waals surface area contributed by atoms with Crippen molar-refractivity contribution in [3.05, 3.63) is 29.8 Å². The Morgan fingerprint density at radius 3 is 2.15 bits per heavy atom. The number of benzene rings is 1. The molecule has 20 heavy (non-hydrogen) atoms. The number of amides is 2. The van der Waals surface area contributed by atoms with E-state index in [9.17, 15) is 9.59 Å². The molecule has 8 N–H and O–H groups in total. The summed E-state index contributed by atoms with van der Waals surface area (Å²) in [5.74, 6) is -0.976. The molecule has 0 spiro atoms. The van der Waals surface area contributed by atoms with Gasteiger partial charge in [0, 0.05) is 5.69 Å². The van der Waals surface area contributed by atoms with Crippen molar-refractivity contribution >= 4 is 17.5 Å². The highest BCUT2D eigenvalue weighted by Crippen LogP contribution is 2.10. The Morgan fingerprint density at radius 2 is 1.65 bits per heavy atom. The molecule has 0 aliphatic carbocycles. The zero-order valence-corrected chi connectivity index (χ0v) is 11.1. The normalized spacial score (nSPS) is 13.6. The van der Waals surface area contributed by atoms with Crippen molar-refractivity contribution in [2.45, 2.75) is 31.5 Å². The highest BCUT2D eigenvalue weighted by molar-refractivity contribution is 5.94. The number of nitrogens with two attached hydrogens (primary N) is 3. The maximum absolute atomic E-state index is 11.8. The van der Waals surface area contributed by atoms with Gasteiger partial charge >= 0.3 is 0 Å². The van der Waals surface area contributed by atoms with Gasteiger partial charge in [-0.15, -0.1) is 0 Å². The molecule has 0 saturated carbocycles. The average molecular weight is 280 g/mol. The lowest BCUT2D eigenvalue weighted by molar-refractivity contribution is -0.120. The maximum Gasteiger partial charge on any atom is 0.241 e. The predicted molar refractivity (Wildman–Crippen MR) is 75.4 cm³/mol. The molecule has 0 aromatic heterocycles. The SMILES string of the molecule is NC(=O)C(N)CC[C@@H](N)C(=O)Nc1ccc(CO)cc1. The summed E-state index contributed by atoms with van der Waals surface area (Å²) in [5, 5.41) is 11.6. The van der Waals surface area contributed by atoms with Crippen molar-refractivity contribution in [3.8, 4) is 0 Å². The van der Waals surface area contributed by atoms with Crippen LogP contribution in [-0.2, 0) is 16.2 Å². The Kier molecular flexibility index (Phi) is 6.10. The van der Waals surface area contributed by atoms with Crippen LogP contribution in [-0.4, -0.2) is 29.0 Å². The fourth-order valence-corrected chi connectivity index (χ4v) is 1.56. The highest BCUT2D eigenvalue weighted by atomic mass is 16.3. The molecule has 0 bridgehead atoms. The molecule has 110 valence electrons. The lowest BCUT2D eigenvalue weighted by Crippen LogP contribution is -2.40. The van der Waals surface area contributed by atoms with Crippen LogP contribution in [0.4, 0.5) is 5.69 Å². The van der Waals surface area contributed by atoms with Crippen molar-refractivity contribution in [2.24, 2.45) is 17.2 Å². The van der Waals surface area contributed by atoms with E-state index >= 15 is 0 Å². The topological polar surface area (TPSA) is 144 Å². The van der Waals surface area contributed by atoms with Crippen molar-refractivity contribution in [2.75, 3.05) is 5.32 Å². The number of hydrogen-bond donors (Lipinski definition) is 5. The number of anilines is 1. The summed E-state index contributed by atoms with van der Waals surface area (Å²) >= 11 is 0. The van der Waals surface area contributed by atoms with Gasteiger partial charge in [0.2, 0.25) is 11.8 Å². The molecular formula is C13H20N4O3. The van der Waals surface area contributed by atoms with Crippen molar-refractivity contribution in [1.82, 2.24) is 0 Å². The lowest BCUT2D eigenvalue weighted by atomic mass is 10.1. The summed E-state index contributed by atoms with van der Waals surface area (Å²) in [6.45, 7) is -0.0568. The third-order valence-corrected chi connectivity index (χ3v) is 2.89. The Labute approximate surface area is 117 Å². The molecule has 0 fully saturated rings. The Morgan fingerprint density at radius 1 is 1.10 bits per heavy atom. The molecule has 7 heteroatoms. The summed E-state index contributed by atoms with van der Waals surface area (Å²) in [6.07, 6.45) is 0.526. The van der Waals surface area contributed by atoms with E-state index in [1.165, 1.54) is 0 Å². The van der Waals surface area contributed by atoms with Crippen molar-refractivity contribution < 1.29 is 14.7 Å². The van der Waals surface area contributed by atoms with Crippen molar-refractivity contribution in [1.29, 1.82) is 0 Å². The first-order valence-electron chi connectivity index (χ1n) is 6.25. The van der Waals surface area contributed by atoms with Crippen molar-refractivity contribution in [3.63, 3.8) is 0 Å². The lowest BCUT2D eigenvalue weighted by Gasteiger charge is -2.14. The third kappa shape index (κ3) is 4.96. The number of hydrogen-bond acceptors (Lipinski definition) is 5. The predicted octanol–water partition coefficient (Wildman–Crippen LogP) is -0.962. The number of carbonyl (C=O) groups excluding carboxylic acids is 2. The molecule has 7 nitrogen and oxygen atoms in total. The van der Waals surface area contributed by atoms with E-state index in [0.717, 1.165) is 5.56 Å². The van der Waals surface area contributed by atoms with E-state index in [1.54, 1.807) is 24.3 Å². The standard InChI is InChI=1S/C13H20N4O3/c14-10(12(16)19)5-6-11(15)13(20)17-9-3-1-8(7-18)2-4-9/h1-4,10-11,18H,5-7,14-15H2,(H2,16,19)(H,17,20)/t10?,11-/m1/s1. The second-order valence-electron chi connectivity index (χ2n) is 4.54. The van der Waals surface area contributed by atoms with Crippen LogP contribution in [0.5, 0.6) is 0 Å². The first kappa shape index (κ1) is 16.1. The number of rotatable bonds is 7. The quantitative estimate of drug-likeness (QED) is 0.436. The number of carbonyl (C=O) groups is 2. The van der Waals surface area contributed by atoms with Gasteiger partial charge in [0.05, 0.1) is 18.7 Å². The summed E-state index contributed by atoms with van der Waals surface area (Å²) in [5.41, 5.74) is 17.5. The minimum atomic E-state index is -0.794. The summed E-state index contributed by atoms with van der Waals surface area (Å²) in [7, 11) is 0. The second-order valence-corrected chi connectivity index (χ2v) is 4.54. The Hall–Kier alpha value is -1.96. The van der Waals surface area contributed by atoms with Crippen LogP contribution in [0.15, 0.2) is 24.3 Å². The minimum Gasteiger partial charge on any atom is -0.392 e. The minimum absolute atomic E-state index is 0.0568. The van der Waals surface area contributed by atoms with Crippen LogP contribution in [0, 0.1) is 0 Å². The summed E-state index contributed by atoms with van der Waals surface area (Å²) in [4.78, 5) is 22.6. The van der Waals surface area contributed by atoms with Crippen LogP contribution < -0.4 is 22.5 Å². The van der Waals surface area contributed by atoms with E-state index in [2.05, 4.69) is 5.32 Å². The molecule has 0 saturated heterocycles. The highest BCUT2D eigenvalue weighted by Gasteiger charge is 2.17. The van der Waals surface area contributed by atoms with Crippen LogP contribution in [0.1, 0.15) is 18.4 Å². The summed E-state index contributed by atoms with van der Waals surface area (Å²) < 4.78 is 0. The number of aliphatic hydroxyl groups excluding tert-OH is 1. The Balaban J connectivity index is 2.46. The van der Waals surface area contributed by atoms with Crippen LogP contribution in [0.25, 0.3) is 0 Å². The van der Waals surface area contributed by atoms with E-state index in [-0.39, 0.29) is 25.4 Å². The molecule has 1 aromatic rings. The smallest absolute Gasteiger partial charge is 0.241 e. The van der Waals surface area contributed by atoms with E-state index in [0.29, 0.717) is 5.69 Å². The fraction of sp³-hybridized carbons (Fsp3) is 0.385. The molecular weight excluding hydrogens is 260 g/mol. The number of primary amides is 1. The monoisotopic (exact) mass is 280 g/mol. The van der Waals surface area contributed by atoms with Gasteiger partial charge in [0.15, 0.2) is 0 Å².